The summed E-state index contributed by atoms with van der Waals surface area (Å²) in [5.41, 5.74) is 0.900. The molecule has 0 saturated carbocycles. The lowest BCUT2D eigenvalue weighted by molar-refractivity contribution is 0.174. The van der Waals surface area contributed by atoms with Gasteiger partial charge >= 0.3 is 0 Å². The van der Waals surface area contributed by atoms with Gasteiger partial charge in [-0.1, -0.05) is 19.4 Å². The predicted octanol–water partition coefficient (Wildman–Crippen LogP) is 1.89. The second-order valence-electron chi connectivity index (χ2n) is 4.92. The Labute approximate surface area is 120 Å². The number of hydrogen-bond donors (Lipinski definition) is 1. The van der Waals surface area contributed by atoms with Crippen molar-refractivity contribution in [3.63, 3.8) is 0 Å². The third kappa shape index (κ3) is 3.64. The summed E-state index contributed by atoms with van der Waals surface area (Å²) in [5, 5.41) is 3.07. The summed E-state index contributed by atoms with van der Waals surface area (Å²) in [5.74, 6) is 1.72. The zero-order valence-corrected chi connectivity index (χ0v) is 12.7. The highest BCUT2D eigenvalue weighted by molar-refractivity contribution is 7.91. The number of ether oxygens (including phenoxy) is 2. The fourth-order valence-electron chi connectivity index (χ4n) is 2.18. The highest BCUT2D eigenvalue weighted by Gasteiger charge is 2.22. The molecule has 5 nitrogen and oxygen atoms in total. The van der Waals surface area contributed by atoms with Crippen LogP contribution in [0.3, 0.4) is 0 Å². The first-order valence-electron chi connectivity index (χ1n) is 6.83. The predicted molar refractivity (Wildman–Crippen MR) is 77.9 cm³/mol. The number of sulfone groups is 1. The van der Waals surface area contributed by atoms with E-state index in [-0.39, 0.29) is 24.3 Å². The highest BCUT2D eigenvalue weighted by atomic mass is 32.2. The quantitative estimate of drug-likeness (QED) is 0.833. The maximum atomic E-state index is 12.1. The second-order valence-corrected chi connectivity index (χ2v) is 7.15. The zero-order chi connectivity index (χ0) is 14.6. The molecular weight excluding hydrogens is 278 g/mol. The van der Waals surface area contributed by atoms with Crippen LogP contribution in [0, 0.1) is 0 Å². The second kappa shape index (κ2) is 6.45. The number of fused-ring (bicyclic) bond motifs is 1. The Bertz CT molecular complexity index is 556. The van der Waals surface area contributed by atoms with Crippen LogP contribution in [0.25, 0.3) is 0 Å². The van der Waals surface area contributed by atoms with Crippen molar-refractivity contribution in [1.29, 1.82) is 0 Å². The fraction of sp³-hybridized carbons (Fsp3) is 0.571. The Hall–Kier alpha value is -1.27. The van der Waals surface area contributed by atoms with Crippen molar-refractivity contribution in [2.45, 2.75) is 25.8 Å². The number of benzene rings is 1. The van der Waals surface area contributed by atoms with Gasteiger partial charge in [0.2, 0.25) is 6.79 Å². The lowest BCUT2D eigenvalue weighted by atomic mass is 10.1. The minimum absolute atomic E-state index is 0.100. The zero-order valence-electron chi connectivity index (χ0n) is 11.9. The first-order chi connectivity index (χ1) is 9.55. The van der Waals surface area contributed by atoms with Gasteiger partial charge in [-0.3, -0.25) is 0 Å². The van der Waals surface area contributed by atoms with Crippen LogP contribution in [0.4, 0.5) is 0 Å². The Morgan fingerprint density at radius 2 is 2.05 bits per heavy atom. The Balaban J connectivity index is 2.12. The van der Waals surface area contributed by atoms with E-state index in [1.165, 1.54) is 0 Å². The summed E-state index contributed by atoms with van der Waals surface area (Å²) >= 11 is 0. The molecule has 0 spiro atoms. The van der Waals surface area contributed by atoms with Crippen molar-refractivity contribution < 1.29 is 17.9 Å². The van der Waals surface area contributed by atoms with E-state index >= 15 is 0 Å². The fourth-order valence-corrected chi connectivity index (χ4v) is 3.94. The van der Waals surface area contributed by atoms with E-state index in [0.29, 0.717) is 17.9 Å². The van der Waals surface area contributed by atoms with Crippen LogP contribution in [-0.4, -0.2) is 33.8 Å². The summed E-state index contributed by atoms with van der Waals surface area (Å²) in [6.07, 6.45) is 1.59. The minimum Gasteiger partial charge on any atom is -0.454 e. The molecule has 0 saturated heterocycles. The molecule has 1 heterocycles. The van der Waals surface area contributed by atoms with Gasteiger partial charge in [0.25, 0.3) is 0 Å². The third-order valence-electron chi connectivity index (χ3n) is 3.38. The molecule has 1 aliphatic rings. The van der Waals surface area contributed by atoms with E-state index in [1.54, 1.807) is 7.05 Å². The van der Waals surface area contributed by atoms with E-state index in [0.717, 1.165) is 12.0 Å². The van der Waals surface area contributed by atoms with E-state index in [2.05, 4.69) is 5.32 Å². The molecule has 20 heavy (non-hydrogen) atoms. The van der Waals surface area contributed by atoms with Crippen molar-refractivity contribution in [2.75, 3.05) is 25.3 Å². The largest absolute Gasteiger partial charge is 0.454 e. The van der Waals surface area contributed by atoms with Crippen LogP contribution < -0.4 is 14.8 Å². The maximum Gasteiger partial charge on any atom is 0.231 e. The van der Waals surface area contributed by atoms with Crippen LogP contribution in [0.2, 0.25) is 0 Å². The van der Waals surface area contributed by atoms with Gasteiger partial charge in [0.1, 0.15) is 0 Å². The van der Waals surface area contributed by atoms with E-state index < -0.39 is 9.84 Å². The van der Waals surface area contributed by atoms with Crippen LogP contribution >= 0.6 is 0 Å². The van der Waals surface area contributed by atoms with Gasteiger partial charge in [-0.25, -0.2) is 8.42 Å². The van der Waals surface area contributed by atoms with Crippen LogP contribution in [0.15, 0.2) is 18.2 Å². The van der Waals surface area contributed by atoms with E-state index in [1.807, 2.05) is 25.1 Å². The number of hydrogen-bond acceptors (Lipinski definition) is 5. The van der Waals surface area contributed by atoms with Gasteiger partial charge in [-0.2, -0.15) is 0 Å². The van der Waals surface area contributed by atoms with Gasteiger partial charge in [0.15, 0.2) is 21.3 Å². The molecular formula is C14H21NO4S. The van der Waals surface area contributed by atoms with Crippen LogP contribution in [0.1, 0.15) is 31.4 Å². The molecule has 1 aromatic rings. The van der Waals surface area contributed by atoms with Crippen molar-refractivity contribution in [2.24, 2.45) is 0 Å². The average molecular weight is 299 g/mol. The van der Waals surface area contributed by atoms with Crippen LogP contribution in [-0.2, 0) is 9.84 Å². The van der Waals surface area contributed by atoms with Crippen molar-refractivity contribution in [3.05, 3.63) is 23.8 Å². The standard InChI is InChI=1S/C14H21NO4S/c1-3-4-7-20(16,17)9-12(15-2)11-5-6-13-14(8-11)19-10-18-13/h5-6,8,12,15H,3-4,7,9-10H2,1-2H3. The minimum atomic E-state index is -3.05. The summed E-state index contributed by atoms with van der Waals surface area (Å²) in [6, 6.07) is 5.31. The Morgan fingerprint density at radius 1 is 1.30 bits per heavy atom. The number of nitrogens with one attached hydrogen (secondary N) is 1. The maximum absolute atomic E-state index is 12.1. The van der Waals surface area contributed by atoms with Crippen LogP contribution in [0.5, 0.6) is 11.5 Å². The lowest BCUT2D eigenvalue weighted by Gasteiger charge is -2.17. The van der Waals surface area contributed by atoms with Gasteiger partial charge in [0, 0.05) is 6.04 Å². The number of unbranched alkanes of at least 4 members (excludes halogenated alkanes) is 1. The topological polar surface area (TPSA) is 64.6 Å². The smallest absolute Gasteiger partial charge is 0.231 e. The summed E-state index contributed by atoms with van der Waals surface area (Å²) in [7, 11) is -1.28. The first-order valence-corrected chi connectivity index (χ1v) is 8.65. The third-order valence-corrected chi connectivity index (χ3v) is 5.13. The molecule has 0 amide bonds. The van der Waals surface area contributed by atoms with E-state index in [4.69, 9.17) is 9.47 Å². The Kier molecular flexibility index (Phi) is 4.88. The first kappa shape index (κ1) is 15.1. The molecule has 112 valence electrons. The molecule has 0 fully saturated rings. The molecule has 1 unspecified atom stereocenters. The molecule has 1 atom stereocenters. The highest BCUT2D eigenvalue weighted by Crippen LogP contribution is 2.34. The van der Waals surface area contributed by atoms with E-state index in [9.17, 15) is 8.42 Å². The number of rotatable bonds is 7. The van der Waals surface area contributed by atoms with Gasteiger partial charge in [-0.15, -0.1) is 0 Å². The molecule has 1 aromatic carbocycles. The molecule has 0 aromatic heterocycles. The van der Waals surface area contributed by atoms with Crippen molar-refractivity contribution in [1.82, 2.24) is 5.32 Å². The Morgan fingerprint density at radius 3 is 2.75 bits per heavy atom. The molecule has 6 heteroatoms. The molecule has 0 radical (unpaired) electrons. The van der Waals surface area contributed by atoms with Gasteiger partial charge in [0.05, 0.1) is 11.5 Å². The van der Waals surface area contributed by atoms with Crippen molar-refractivity contribution in [3.8, 4) is 11.5 Å². The summed E-state index contributed by atoms with van der Waals surface area (Å²) in [4.78, 5) is 0. The monoisotopic (exact) mass is 299 g/mol. The normalized spacial score (nSPS) is 15.3. The SMILES string of the molecule is CCCCS(=O)(=O)CC(NC)c1ccc2c(c1)OCO2. The summed E-state index contributed by atoms with van der Waals surface area (Å²) in [6.45, 7) is 2.21. The molecule has 0 aliphatic carbocycles. The van der Waals surface area contributed by atoms with Gasteiger partial charge in [-0.05, 0) is 31.2 Å². The summed E-state index contributed by atoms with van der Waals surface area (Å²) < 4.78 is 34.7. The van der Waals surface area contributed by atoms with Gasteiger partial charge < -0.3 is 14.8 Å². The lowest BCUT2D eigenvalue weighted by Crippen LogP contribution is -2.26. The molecule has 1 N–H and O–H groups in total. The molecule has 2 rings (SSSR count). The molecule has 1 aliphatic heterocycles. The molecule has 0 bridgehead atoms. The van der Waals surface area contributed by atoms with Crippen molar-refractivity contribution >= 4 is 9.84 Å². The average Bonchev–Trinajstić information content (AvgIpc) is 2.90.